The van der Waals surface area contributed by atoms with Gasteiger partial charge in [0.25, 0.3) is 5.89 Å². The molecule has 0 unspecified atom stereocenters. The molecule has 0 spiro atoms. The molecule has 0 aliphatic rings. The van der Waals surface area contributed by atoms with Crippen molar-refractivity contribution in [2.75, 3.05) is 11.9 Å². The number of hydrogen-bond acceptors (Lipinski definition) is 6. The molecular weight excluding hydrogens is 206 g/mol. The summed E-state index contributed by atoms with van der Waals surface area (Å²) in [6.45, 7) is 5.00. The van der Waals surface area contributed by atoms with Gasteiger partial charge in [-0.25, -0.2) is 4.98 Å². The monoisotopic (exact) mass is 219 g/mol. The van der Waals surface area contributed by atoms with E-state index in [1.165, 1.54) is 0 Å². The van der Waals surface area contributed by atoms with Gasteiger partial charge in [-0.1, -0.05) is 18.9 Å². The molecule has 0 bridgehead atoms. The van der Waals surface area contributed by atoms with Crippen molar-refractivity contribution in [2.45, 2.75) is 13.8 Å². The third-order valence-electron chi connectivity index (χ3n) is 1.87. The normalized spacial score (nSPS) is 10.7. The van der Waals surface area contributed by atoms with Crippen LogP contribution in [0.3, 0.4) is 0 Å². The van der Waals surface area contributed by atoms with Crippen LogP contribution in [0.1, 0.15) is 13.8 Å². The average molecular weight is 219 g/mol. The van der Waals surface area contributed by atoms with Crippen molar-refractivity contribution in [1.29, 1.82) is 0 Å². The zero-order chi connectivity index (χ0) is 11.4. The molecular formula is C10H13N5O. The van der Waals surface area contributed by atoms with Crippen molar-refractivity contribution in [1.82, 2.24) is 20.2 Å². The molecule has 2 aromatic heterocycles. The zero-order valence-electron chi connectivity index (χ0n) is 9.21. The molecule has 6 heteroatoms. The van der Waals surface area contributed by atoms with Gasteiger partial charge in [-0.05, 0) is 5.92 Å². The van der Waals surface area contributed by atoms with Crippen molar-refractivity contribution >= 4 is 6.01 Å². The SMILES string of the molecule is CC(C)CNc1nnc(-c2cnccn2)o1. The van der Waals surface area contributed by atoms with Gasteiger partial charge < -0.3 is 9.73 Å². The Hall–Kier alpha value is -1.98. The second-order valence-electron chi connectivity index (χ2n) is 3.78. The van der Waals surface area contributed by atoms with E-state index >= 15 is 0 Å². The van der Waals surface area contributed by atoms with Crippen LogP contribution in [0.4, 0.5) is 6.01 Å². The van der Waals surface area contributed by atoms with E-state index in [2.05, 4.69) is 39.3 Å². The van der Waals surface area contributed by atoms with E-state index < -0.39 is 0 Å². The Labute approximate surface area is 93.1 Å². The maximum absolute atomic E-state index is 5.38. The predicted octanol–water partition coefficient (Wildman–Crippen LogP) is 1.59. The second kappa shape index (κ2) is 4.69. The maximum atomic E-state index is 5.38. The van der Waals surface area contributed by atoms with Crippen LogP contribution >= 0.6 is 0 Å². The zero-order valence-corrected chi connectivity index (χ0v) is 9.21. The lowest BCUT2D eigenvalue weighted by atomic mass is 10.2. The molecule has 84 valence electrons. The van der Waals surface area contributed by atoms with Crippen LogP contribution in [0.25, 0.3) is 11.6 Å². The Morgan fingerprint density at radius 1 is 1.31 bits per heavy atom. The second-order valence-corrected chi connectivity index (χ2v) is 3.78. The quantitative estimate of drug-likeness (QED) is 0.841. The molecule has 2 heterocycles. The Morgan fingerprint density at radius 3 is 2.88 bits per heavy atom. The molecule has 16 heavy (non-hydrogen) atoms. The third-order valence-corrected chi connectivity index (χ3v) is 1.87. The fourth-order valence-corrected chi connectivity index (χ4v) is 1.10. The Balaban J connectivity index is 2.08. The van der Waals surface area contributed by atoms with Crippen molar-refractivity contribution in [3.8, 4) is 11.6 Å². The first-order chi connectivity index (χ1) is 7.75. The minimum atomic E-state index is 0.374. The summed E-state index contributed by atoms with van der Waals surface area (Å²) >= 11 is 0. The van der Waals surface area contributed by atoms with E-state index in [-0.39, 0.29) is 0 Å². The number of anilines is 1. The highest BCUT2D eigenvalue weighted by Gasteiger charge is 2.09. The number of rotatable bonds is 4. The summed E-state index contributed by atoms with van der Waals surface area (Å²) < 4.78 is 5.38. The molecule has 6 nitrogen and oxygen atoms in total. The summed E-state index contributed by atoms with van der Waals surface area (Å²) in [7, 11) is 0. The molecule has 0 atom stereocenters. The summed E-state index contributed by atoms with van der Waals surface area (Å²) in [6.07, 6.45) is 4.76. The van der Waals surface area contributed by atoms with Crippen molar-refractivity contribution in [3.05, 3.63) is 18.6 Å². The summed E-state index contributed by atoms with van der Waals surface area (Å²) in [5.41, 5.74) is 0.576. The highest BCUT2D eigenvalue weighted by molar-refractivity contribution is 5.44. The van der Waals surface area contributed by atoms with Gasteiger partial charge in [-0.3, -0.25) is 4.98 Å². The van der Waals surface area contributed by atoms with Crippen molar-refractivity contribution < 1.29 is 4.42 Å². The van der Waals surface area contributed by atoms with Crippen LogP contribution in [-0.4, -0.2) is 26.7 Å². The van der Waals surface area contributed by atoms with Gasteiger partial charge in [-0.15, -0.1) is 5.10 Å². The number of aromatic nitrogens is 4. The van der Waals surface area contributed by atoms with Gasteiger partial charge in [0.05, 0.1) is 6.20 Å². The van der Waals surface area contributed by atoms with Crippen LogP contribution in [-0.2, 0) is 0 Å². The first-order valence-electron chi connectivity index (χ1n) is 5.09. The smallest absolute Gasteiger partial charge is 0.315 e. The van der Waals surface area contributed by atoms with E-state index in [0.717, 1.165) is 6.54 Å². The minimum absolute atomic E-state index is 0.374. The summed E-state index contributed by atoms with van der Waals surface area (Å²) in [4.78, 5) is 8.00. The minimum Gasteiger partial charge on any atom is -0.402 e. The highest BCUT2D eigenvalue weighted by atomic mass is 16.4. The van der Waals surface area contributed by atoms with Gasteiger partial charge in [-0.2, -0.15) is 0 Å². The van der Waals surface area contributed by atoms with E-state index in [0.29, 0.717) is 23.5 Å². The molecule has 0 saturated heterocycles. The van der Waals surface area contributed by atoms with Crippen molar-refractivity contribution in [3.63, 3.8) is 0 Å². The molecule has 2 rings (SSSR count). The average Bonchev–Trinajstić information content (AvgIpc) is 2.76. The highest BCUT2D eigenvalue weighted by Crippen LogP contribution is 2.15. The Bertz CT molecular complexity index is 439. The fraction of sp³-hybridized carbons (Fsp3) is 0.400. The van der Waals surface area contributed by atoms with E-state index in [9.17, 15) is 0 Å². The van der Waals surface area contributed by atoms with Crippen LogP contribution in [0.5, 0.6) is 0 Å². The third kappa shape index (κ3) is 2.53. The summed E-state index contributed by atoms with van der Waals surface area (Å²) in [6, 6.07) is 0.411. The molecule has 0 amide bonds. The molecule has 0 saturated carbocycles. The summed E-state index contributed by atoms with van der Waals surface area (Å²) in [5, 5.41) is 10.8. The van der Waals surface area contributed by atoms with Gasteiger partial charge in [0.1, 0.15) is 5.69 Å². The molecule has 0 radical (unpaired) electrons. The summed E-state index contributed by atoms with van der Waals surface area (Å²) in [5.74, 6) is 0.895. The lowest BCUT2D eigenvalue weighted by Crippen LogP contribution is -2.07. The molecule has 1 N–H and O–H groups in total. The largest absolute Gasteiger partial charge is 0.402 e. The van der Waals surface area contributed by atoms with E-state index in [1.807, 2.05) is 0 Å². The maximum Gasteiger partial charge on any atom is 0.315 e. The van der Waals surface area contributed by atoms with Crippen molar-refractivity contribution in [2.24, 2.45) is 5.92 Å². The lowest BCUT2D eigenvalue weighted by molar-refractivity contribution is 0.567. The number of hydrogen-bond donors (Lipinski definition) is 1. The topological polar surface area (TPSA) is 76.7 Å². The Kier molecular flexibility index (Phi) is 3.09. The first-order valence-corrected chi connectivity index (χ1v) is 5.09. The molecule has 0 aliphatic heterocycles. The van der Waals surface area contributed by atoms with Crippen LogP contribution in [0.15, 0.2) is 23.0 Å². The predicted molar refractivity (Wildman–Crippen MR) is 58.7 cm³/mol. The lowest BCUT2D eigenvalue weighted by Gasteiger charge is -2.02. The number of nitrogens with one attached hydrogen (secondary N) is 1. The van der Waals surface area contributed by atoms with Crippen LogP contribution in [0, 0.1) is 5.92 Å². The Morgan fingerprint density at radius 2 is 2.19 bits per heavy atom. The standard InChI is InChI=1S/C10H13N5O/c1-7(2)5-13-10-15-14-9(16-10)8-6-11-3-4-12-8/h3-4,6-7H,5H2,1-2H3,(H,13,15). The van der Waals surface area contributed by atoms with Gasteiger partial charge in [0, 0.05) is 18.9 Å². The van der Waals surface area contributed by atoms with Gasteiger partial charge >= 0.3 is 6.01 Å². The fourth-order valence-electron chi connectivity index (χ4n) is 1.10. The van der Waals surface area contributed by atoms with Gasteiger partial charge in [0.15, 0.2) is 0 Å². The van der Waals surface area contributed by atoms with Crippen LogP contribution < -0.4 is 5.32 Å². The molecule has 2 aromatic rings. The van der Waals surface area contributed by atoms with Gasteiger partial charge in [0.2, 0.25) is 0 Å². The molecule has 0 fully saturated rings. The van der Waals surface area contributed by atoms with Crippen LogP contribution in [0.2, 0.25) is 0 Å². The number of nitrogens with zero attached hydrogens (tertiary/aromatic N) is 4. The van der Waals surface area contributed by atoms with E-state index in [1.54, 1.807) is 18.6 Å². The molecule has 0 aromatic carbocycles. The molecule has 0 aliphatic carbocycles. The van der Waals surface area contributed by atoms with E-state index in [4.69, 9.17) is 4.42 Å². The first kappa shape index (κ1) is 10.5.